The molecule has 3 rings (SSSR count). The van der Waals surface area contributed by atoms with Gasteiger partial charge in [0.25, 0.3) is 0 Å². The average molecular weight is 345 g/mol. The molecule has 0 radical (unpaired) electrons. The maximum absolute atomic E-state index is 12.8. The highest BCUT2D eigenvalue weighted by Crippen LogP contribution is 2.25. The Labute approximate surface area is 146 Å². The Morgan fingerprint density at radius 2 is 2.25 bits per heavy atom. The van der Waals surface area contributed by atoms with E-state index in [9.17, 15) is 4.79 Å². The standard InChI is InChI=1S/C18H23N3O2S/c1-3-18(2)13-21(10-11-23-18)17(22)20-15(16-19-9-12-24-16)14-7-5-4-6-8-14/h4-9,12,15H,3,10-11,13H2,1-2H3,(H,20,22)/t15-,18-/m1/s1. The van der Waals surface area contributed by atoms with E-state index in [1.165, 1.54) is 0 Å². The predicted molar refractivity (Wildman–Crippen MR) is 95.2 cm³/mol. The number of aromatic nitrogens is 1. The lowest BCUT2D eigenvalue weighted by molar-refractivity contribution is -0.0873. The van der Waals surface area contributed by atoms with E-state index in [-0.39, 0.29) is 17.7 Å². The zero-order valence-corrected chi connectivity index (χ0v) is 14.9. The van der Waals surface area contributed by atoms with E-state index < -0.39 is 0 Å². The molecule has 5 nitrogen and oxygen atoms in total. The number of thiazole rings is 1. The van der Waals surface area contributed by atoms with Crippen molar-refractivity contribution in [2.75, 3.05) is 19.7 Å². The number of rotatable bonds is 4. The second-order valence-electron chi connectivity index (χ2n) is 6.24. The van der Waals surface area contributed by atoms with Gasteiger partial charge >= 0.3 is 6.03 Å². The zero-order chi connectivity index (χ0) is 17.0. The Morgan fingerprint density at radius 3 is 2.92 bits per heavy atom. The fourth-order valence-electron chi connectivity index (χ4n) is 2.84. The van der Waals surface area contributed by atoms with Crippen LogP contribution in [0.1, 0.15) is 36.9 Å². The van der Waals surface area contributed by atoms with Crippen molar-refractivity contribution in [2.45, 2.75) is 31.9 Å². The largest absolute Gasteiger partial charge is 0.372 e. The number of ether oxygens (including phenoxy) is 1. The summed E-state index contributed by atoms with van der Waals surface area (Å²) in [5.74, 6) is 0. The molecule has 0 saturated carbocycles. The maximum Gasteiger partial charge on any atom is 0.318 e. The summed E-state index contributed by atoms with van der Waals surface area (Å²) in [6, 6.07) is 9.66. The minimum Gasteiger partial charge on any atom is -0.372 e. The monoisotopic (exact) mass is 345 g/mol. The van der Waals surface area contributed by atoms with Crippen molar-refractivity contribution < 1.29 is 9.53 Å². The van der Waals surface area contributed by atoms with Crippen molar-refractivity contribution >= 4 is 17.4 Å². The first kappa shape index (κ1) is 16.9. The lowest BCUT2D eigenvalue weighted by atomic mass is 10.0. The van der Waals surface area contributed by atoms with Crippen molar-refractivity contribution in [1.82, 2.24) is 15.2 Å². The summed E-state index contributed by atoms with van der Waals surface area (Å²) in [5.41, 5.74) is 0.770. The van der Waals surface area contributed by atoms with Crippen LogP contribution >= 0.6 is 11.3 Å². The van der Waals surface area contributed by atoms with Crippen LogP contribution in [0, 0.1) is 0 Å². The number of morpholine rings is 1. The number of nitrogens with one attached hydrogen (secondary N) is 1. The van der Waals surface area contributed by atoms with Crippen LogP contribution in [-0.2, 0) is 4.74 Å². The highest BCUT2D eigenvalue weighted by atomic mass is 32.1. The van der Waals surface area contributed by atoms with Crippen LogP contribution in [-0.4, -0.2) is 41.2 Å². The Hall–Kier alpha value is -1.92. The lowest BCUT2D eigenvalue weighted by Gasteiger charge is -2.40. The molecule has 2 atom stereocenters. The molecule has 0 spiro atoms. The fraction of sp³-hybridized carbons (Fsp3) is 0.444. The van der Waals surface area contributed by atoms with Gasteiger partial charge in [0.05, 0.1) is 18.8 Å². The van der Waals surface area contributed by atoms with Gasteiger partial charge in [-0.25, -0.2) is 9.78 Å². The first-order valence-corrected chi connectivity index (χ1v) is 9.13. The summed E-state index contributed by atoms with van der Waals surface area (Å²) in [6.07, 6.45) is 2.65. The number of amides is 2. The van der Waals surface area contributed by atoms with Gasteiger partial charge in [-0.1, -0.05) is 37.3 Å². The second-order valence-corrected chi connectivity index (χ2v) is 7.16. The van der Waals surface area contributed by atoms with Gasteiger partial charge in [0.1, 0.15) is 11.0 Å². The van der Waals surface area contributed by atoms with Crippen LogP contribution in [0.3, 0.4) is 0 Å². The molecule has 1 saturated heterocycles. The molecule has 0 unspecified atom stereocenters. The van der Waals surface area contributed by atoms with Crippen LogP contribution in [0.4, 0.5) is 4.79 Å². The predicted octanol–water partition coefficient (Wildman–Crippen LogP) is 3.44. The molecule has 1 aromatic heterocycles. The van der Waals surface area contributed by atoms with Crippen molar-refractivity contribution in [3.05, 3.63) is 52.5 Å². The molecule has 0 bridgehead atoms. The van der Waals surface area contributed by atoms with Crippen molar-refractivity contribution in [3.63, 3.8) is 0 Å². The van der Waals surface area contributed by atoms with Crippen molar-refractivity contribution in [2.24, 2.45) is 0 Å². The van der Waals surface area contributed by atoms with E-state index in [2.05, 4.69) is 24.1 Å². The maximum atomic E-state index is 12.8. The average Bonchev–Trinajstić information content (AvgIpc) is 3.14. The van der Waals surface area contributed by atoms with Gasteiger partial charge in [-0.15, -0.1) is 11.3 Å². The van der Waals surface area contributed by atoms with Crippen LogP contribution < -0.4 is 5.32 Å². The molecule has 0 aliphatic carbocycles. The third-order valence-electron chi connectivity index (χ3n) is 4.47. The van der Waals surface area contributed by atoms with E-state index in [1.54, 1.807) is 17.5 Å². The van der Waals surface area contributed by atoms with Gasteiger partial charge in [-0.2, -0.15) is 0 Å². The first-order valence-electron chi connectivity index (χ1n) is 8.25. The SMILES string of the molecule is CC[C@]1(C)CN(C(=O)N[C@H](c2ccccc2)c2nccs2)CCO1. The second kappa shape index (κ2) is 7.32. The quantitative estimate of drug-likeness (QED) is 0.923. The molecular formula is C18H23N3O2S. The highest BCUT2D eigenvalue weighted by Gasteiger charge is 2.33. The summed E-state index contributed by atoms with van der Waals surface area (Å²) in [4.78, 5) is 19.1. The van der Waals surface area contributed by atoms with Gasteiger partial charge in [0.2, 0.25) is 0 Å². The van der Waals surface area contributed by atoms with E-state index in [0.717, 1.165) is 17.0 Å². The Kier molecular flexibility index (Phi) is 5.16. The smallest absolute Gasteiger partial charge is 0.318 e. The normalized spacial score (nSPS) is 22.2. The molecule has 6 heteroatoms. The highest BCUT2D eigenvalue weighted by molar-refractivity contribution is 7.09. The zero-order valence-electron chi connectivity index (χ0n) is 14.1. The van der Waals surface area contributed by atoms with Crippen LogP contribution in [0.2, 0.25) is 0 Å². The molecule has 2 amide bonds. The molecule has 1 aliphatic rings. The molecule has 1 aromatic carbocycles. The molecule has 2 heterocycles. The Balaban J connectivity index is 1.77. The van der Waals surface area contributed by atoms with E-state index in [1.807, 2.05) is 40.6 Å². The summed E-state index contributed by atoms with van der Waals surface area (Å²) in [5, 5.41) is 5.97. The van der Waals surface area contributed by atoms with Gasteiger partial charge in [0.15, 0.2) is 0 Å². The lowest BCUT2D eigenvalue weighted by Crippen LogP contribution is -2.54. The number of benzene rings is 1. The molecule has 1 fully saturated rings. The van der Waals surface area contributed by atoms with Gasteiger partial charge in [0, 0.05) is 18.1 Å². The van der Waals surface area contributed by atoms with Crippen LogP contribution in [0.25, 0.3) is 0 Å². The van der Waals surface area contributed by atoms with Crippen molar-refractivity contribution in [1.29, 1.82) is 0 Å². The molecule has 1 aliphatic heterocycles. The van der Waals surface area contributed by atoms with E-state index >= 15 is 0 Å². The third kappa shape index (κ3) is 3.76. The molecule has 2 aromatic rings. The fourth-order valence-corrected chi connectivity index (χ4v) is 3.56. The minimum absolute atomic E-state index is 0.0676. The Bertz CT molecular complexity index is 662. The van der Waals surface area contributed by atoms with Gasteiger partial charge in [-0.3, -0.25) is 0 Å². The number of nitrogens with zero attached hydrogens (tertiary/aromatic N) is 2. The number of hydrogen-bond donors (Lipinski definition) is 1. The number of urea groups is 1. The van der Waals surface area contributed by atoms with E-state index in [0.29, 0.717) is 19.7 Å². The third-order valence-corrected chi connectivity index (χ3v) is 5.31. The van der Waals surface area contributed by atoms with E-state index in [4.69, 9.17) is 4.74 Å². The topological polar surface area (TPSA) is 54.5 Å². The number of carbonyl (C=O) groups is 1. The molecule has 128 valence electrons. The summed E-state index contributed by atoms with van der Waals surface area (Å²) in [6.45, 7) is 5.94. The molecule has 1 N–H and O–H groups in total. The summed E-state index contributed by atoms with van der Waals surface area (Å²) < 4.78 is 5.82. The van der Waals surface area contributed by atoms with Crippen molar-refractivity contribution in [3.8, 4) is 0 Å². The van der Waals surface area contributed by atoms with Crippen LogP contribution in [0.5, 0.6) is 0 Å². The summed E-state index contributed by atoms with van der Waals surface area (Å²) in [7, 11) is 0. The molecular weight excluding hydrogens is 322 g/mol. The minimum atomic E-state index is -0.265. The number of hydrogen-bond acceptors (Lipinski definition) is 4. The van der Waals surface area contributed by atoms with Crippen LogP contribution in [0.15, 0.2) is 41.9 Å². The summed E-state index contributed by atoms with van der Waals surface area (Å²) >= 11 is 1.55. The van der Waals surface area contributed by atoms with Gasteiger partial charge in [-0.05, 0) is 18.9 Å². The number of carbonyl (C=O) groups excluding carboxylic acids is 1. The van der Waals surface area contributed by atoms with Gasteiger partial charge < -0.3 is 15.0 Å². The molecule has 24 heavy (non-hydrogen) atoms. The Morgan fingerprint density at radius 1 is 1.46 bits per heavy atom. The first-order chi connectivity index (χ1) is 11.6.